The number of aromatic nitrogens is 2. The van der Waals surface area contributed by atoms with E-state index in [-0.39, 0.29) is 22.5 Å². The van der Waals surface area contributed by atoms with Crippen molar-refractivity contribution in [3.05, 3.63) is 35.3 Å². The average molecular weight is 547 g/mol. The van der Waals surface area contributed by atoms with Gasteiger partial charge in [0.15, 0.2) is 15.5 Å². The van der Waals surface area contributed by atoms with Crippen molar-refractivity contribution in [3.63, 3.8) is 0 Å². The van der Waals surface area contributed by atoms with Crippen molar-refractivity contribution in [3.8, 4) is 11.3 Å². The van der Waals surface area contributed by atoms with Gasteiger partial charge in [0.1, 0.15) is 10.7 Å². The van der Waals surface area contributed by atoms with Gasteiger partial charge in [0.25, 0.3) is 5.91 Å². The Labute approximate surface area is 222 Å². The molecule has 4 aliphatic heterocycles. The summed E-state index contributed by atoms with van der Waals surface area (Å²) < 4.78 is 54.1. The maximum Gasteiger partial charge on any atom is 0.274 e. The second-order valence-electron chi connectivity index (χ2n) is 10.8. The van der Waals surface area contributed by atoms with Crippen LogP contribution < -0.4 is 0 Å². The van der Waals surface area contributed by atoms with Crippen molar-refractivity contribution in [1.29, 1.82) is 0 Å². The number of carbonyl (C=O) groups excluding carboxylic acids is 1. The number of amides is 1. The van der Waals surface area contributed by atoms with Crippen LogP contribution in [0.4, 0.5) is 4.39 Å². The minimum Gasteiger partial charge on any atom is -0.381 e. The van der Waals surface area contributed by atoms with Crippen LogP contribution >= 0.6 is 0 Å². The zero-order chi connectivity index (χ0) is 26.3. The molecule has 3 saturated heterocycles. The highest BCUT2D eigenvalue weighted by Gasteiger charge is 2.40. The number of carbonyl (C=O) groups is 1. The van der Waals surface area contributed by atoms with Gasteiger partial charge in [-0.2, -0.15) is 5.10 Å². The summed E-state index contributed by atoms with van der Waals surface area (Å²) in [6, 6.07) is 4.32. The van der Waals surface area contributed by atoms with Gasteiger partial charge >= 0.3 is 0 Å². The van der Waals surface area contributed by atoms with E-state index in [4.69, 9.17) is 14.6 Å². The third-order valence-electron chi connectivity index (χ3n) is 8.40. The standard InChI is InChI=1S/C27H35FN4O5S/c28-23-5-1-4-21-25-22(18-38(34,35)26(21)23)24(27(33)31-11-15-37-16-12-31)29-32(25)20-3-2-9-30(17-20)10-6-19-7-13-36-14-8-19/h1,4-5,19-20H,2-3,6-18H2/t20-/m1/s1. The molecule has 1 aromatic carbocycles. The van der Waals surface area contributed by atoms with E-state index in [9.17, 15) is 17.6 Å². The van der Waals surface area contributed by atoms with Crippen LogP contribution in [-0.4, -0.2) is 93.1 Å². The molecule has 4 aliphatic rings. The van der Waals surface area contributed by atoms with E-state index in [1.165, 1.54) is 12.1 Å². The molecule has 3 fully saturated rings. The number of halogens is 1. The predicted octanol–water partition coefficient (Wildman–Crippen LogP) is 2.90. The average Bonchev–Trinajstić information content (AvgIpc) is 3.31. The molecule has 38 heavy (non-hydrogen) atoms. The number of piperidine rings is 1. The molecule has 0 radical (unpaired) electrons. The molecule has 206 valence electrons. The van der Waals surface area contributed by atoms with Crippen LogP contribution in [-0.2, 0) is 25.1 Å². The van der Waals surface area contributed by atoms with Crippen LogP contribution in [0.15, 0.2) is 23.1 Å². The summed E-state index contributed by atoms with van der Waals surface area (Å²) in [7, 11) is -3.97. The molecule has 9 nitrogen and oxygen atoms in total. The van der Waals surface area contributed by atoms with E-state index >= 15 is 0 Å². The fraction of sp³-hybridized carbons (Fsp3) is 0.630. The maximum atomic E-state index is 14.9. The minimum absolute atomic E-state index is 0.0321. The number of benzene rings is 1. The first kappa shape index (κ1) is 25.9. The quantitative estimate of drug-likeness (QED) is 0.569. The molecule has 11 heteroatoms. The molecular formula is C27H35FN4O5S. The third-order valence-corrected chi connectivity index (χ3v) is 10.1. The molecule has 1 amide bonds. The van der Waals surface area contributed by atoms with Gasteiger partial charge in [0.2, 0.25) is 0 Å². The molecule has 0 aliphatic carbocycles. The number of morpholine rings is 1. The first-order valence-corrected chi connectivity index (χ1v) is 15.4. The number of hydrogen-bond donors (Lipinski definition) is 0. The summed E-state index contributed by atoms with van der Waals surface area (Å²) >= 11 is 0. The monoisotopic (exact) mass is 546 g/mol. The van der Waals surface area contributed by atoms with Crippen LogP contribution in [0.3, 0.4) is 0 Å². The Morgan fingerprint density at radius 1 is 1.05 bits per heavy atom. The lowest BCUT2D eigenvalue weighted by Gasteiger charge is -2.35. The Hall–Kier alpha value is -2.34. The largest absolute Gasteiger partial charge is 0.381 e. The van der Waals surface area contributed by atoms with Crippen LogP contribution in [0.2, 0.25) is 0 Å². The number of likely N-dealkylation sites (tertiary alicyclic amines) is 1. The Morgan fingerprint density at radius 2 is 1.82 bits per heavy atom. The van der Waals surface area contributed by atoms with E-state index in [1.54, 1.807) is 11.0 Å². The molecule has 0 N–H and O–H groups in total. The fourth-order valence-corrected chi connectivity index (χ4v) is 8.01. The Kier molecular flexibility index (Phi) is 7.28. The van der Waals surface area contributed by atoms with Crippen molar-refractivity contribution in [1.82, 2.24) is 19.6 Å². The SMILES string of the molecule is O=C(c1nn([C@@H]2CCCN(CCC3CCOCC3)C2)c2c1CS(=O)(=O)c1c(F)cccc1-2)N1CCOCC1. The predicted molar refractivity (Wildman–Crippen MR) is 138 cm³/mol. The number of rotatable bonds is 5. The lowest BCUT2D eigenvalue weighted by Crippen LogP contribution is -2.41. The first-order chi connectivity index (χ1) is 18.4. The van der Waals surface area contributed by atoms with Crippen molar-refractivity contribution >= 4 is 15.7 Å². The molecule has 0 spiro atoms. The number of hydrogen-bond acceptors (Lipinski definition) is 7. The van der Waals surface area contributed by atoms with Gasteiger partial charge in [0, 0.05) is 44.0 Å². The number of ether oxygens (including phenoxy) is 2. The zero-order valence-electron chi connectivity index (χ0n) is 21.6. The van der Waals surface area contributed by atoms with Crippen LogP contribution in [0.1, 0.15) is 54.2 Å². The smallest absolute Gasteiger partial charge is 0.274 e. The van der Waals surface area contributed by atoms with E-state index in [2.05, 4.69) is 4.90 Å². The Balaban J connectivity index is 1.36. The second kappa shape index (κ2) is 10.7. The minimum atomic E-state index is -3.97. The maximum absolute atomic E-state index is 14.9. The lowest BCUT2D eigenvalue weighted by molar-refractivity contribution is 0.0297. The van der Waals surface area contributed by atoms with Gasteiger partial charge in [0.05, 0.1) is 30.7 Å². The Bertz CT molecular complexity index is 1300. The number of nitrogens with zero attached hydrogens (tertiary/aromatic N) is 4. The second-order valence-corrected chi connectivity index (χ2v) is 12.8. The first-order valence-electron chi connectivity index (χ1n) is 13.7. The molecule has 6 rings (SSSR count). The van der Waals surface area contributed by atoms with Crippen molar-refractivity contribution < 1.29 is 27.1 Å². The Morgan fingerprint density at radius 3 is 2.61 bits per heavy atom. The van der Waals surface area contributed by atoms with Gasteiger partial charge in [-0.05, 0) is 57.2 Å². The summed E-state index contributed by atoms with van der Waals surface area (Å²) in [5.41, 5.74) is 1.43. The summed E-state index contributed by atoms with van der Waals surface area (Å²) in [6.07, 6.45) is 5.18. The highest BCUT2D eigenvalue weighted by Crippen LogP contribution is 2.43. The highest BCUT2D eigenvalue weighted by atomic mass is 32.2. The summed E-state index contributed by atoms with van der Waals surface area (Å²) in [4.78, 5) is 17.4. The molecule has 1 atom stereocenters. The molecular weight excluding hydrogens is 511 g/mol. The van der Waals surface area contributed by atoms with Crippen molar-refractivity contribution in [2.45, 2.75) is 48.8 Å². The van der Waals surface area contributed by atoms with Crippen molar-refractivity contribution in [2.75, 3.05) is 59.2 Å². The zero-order valence-corrected chi connectivity index (χ0v) is 22.4. The molecule has 0 bridgehead atoms. The summed E-state index contributed by atoms with van der Waals surface area (Å²) in [6.45, 7) is 6.17. The van der Waals surface area contributed by atoms with E-state index in [1.807, 2.05) is 4.68 Å². The summed E-state index contributed by atoms with van der Waals surface area (Å²) in [5.74, 6) is -0.796. The third kappa shape index (κ3) is 4.89. The molecule has 5 heterocycles. The van der Waals surface area contributed by atoms with E-state index < -0.39 is 21.4 Å². The van der Waals surface area contributed by atoms with E-state index in [0.717, 1.165) is 65.0 Å². The van der Waals surface area contributed by atoms with Gasteiger partial charge in [-0.3, -0.25) is 9.48 Å². The van der Waals surface area contributed by atoms with Gasteiger partial charge in [-0.25, -0.2) is 12.8 Å². The van der Waals surface area contributed by atoms with E-state index in [0.29, 0.717) is 49.0 Å². The van der Waals surface area contributed by atoms with Crippen molar-refractivity contribution in [2.24, 2.45) is 5.92 Å². The fourth-order valence-electron chi connectivity index (χ4n) is 6.35. The lowest BCUT2D eigenvalue weighted by atomic mass is 9.95. The number of sulfone groups is 1. The molecule has 0 unspecified atom stereocenters. The molecule has 1 aromatic heterocycles. The normalized spacial score (nSPS) is 24.1. The molecule has 0 saturated carbocycles. The van der Waals surface area contributed by atoms with Crippen LogP contribution in [0.25, 0.3) is 11.3 Å². The number of fused-ring (bicyclic) bond motifs is 3. The molecule has 2 aromatic rings. The van der Waals surface area contributed by atoms with Crippen LogP contribution in [0.5, 0.6) is 0 Å². The summed E-state index contributed by atoms with van der Waals surface area (Å²) in [5, 5.41) is 4.82. The highest BCUT2D eigenvalue weighted by molar-refractivity contribution is 7.91. The van der Waals surface area contributed by atoms with Gasteiger partial charge < -0.3 is 19.3 Å². The van der Waals surface area contributed by atoms with Crippen LogP contribution in [0, 0.1) is 11.7 Å². The van der Waals surface area contributed by atoms with Gasteiger partial charge in [-0.15, -0.1) is 0 Å². The topological polar surface area (TPSA) is 94.0 Å². The van der Waals surface area contributed by atoms with Gasteiger partial charge in [-0.1, -0.05) is 12.1 Å².